The molecule has 5 heteroatoms. The van der Waals surface area contributed by atoms with Crippen molar-refractivity contribution in [3.8, 4) is 0 Å². The molecular weight excluding hydrogens is 366 g/mol. The fourth-order valence-corrected chi connectivity index (χ4v) is 3.15. The van der Waals surface area contributed by atoms with Gasteiger partial charge in [0.1, 0.15) is 0 Å². The summed E-state index contributed by atoms with van der Waals surface area (Å²) < 4.78 is 1.03. The highest BCUT2D eigenvalue weighted by atomic mass is 79.9. The lowest BCUT2D eigenvalue weighted by atomic mass is 9.98. The molecule has 1 aliphatic rings. The first-order valence-electron chi connectivity index (χ1n) is 7.86. The molecule has 0 aromatic heterocycles. The lowest BCUT2D eigenvalue weighted by Crippen LogP contribution is -2.24. The Morgan fingerprint density at radius 2 is 1.92 bits per heavy atom. The summed E-state index contributed by atoms with van der Waals surface area (Å²) in [6.45, 7) is 1.56. The number of carbonyl (C=O) groups excluding carboxylic acids is 1. The minimum absolute atomic E-state index is 0.0401. The Balaban J connectivity index is 1.93. The van der Waals surface area contributed by atoms with Crippen LogP contribution in [0.25, 0.3) is 0 Å². The average molecular weight is 386 g/mol. The fraction of sp³-hybridized carbons (Fsp3) is 0.263. The molecule has 2 aromatic rings. The quantitative estimate of drug-likeness (QED) is 0.792. The minimum Gasteiger partial charge on any atom is -0.378 e. The number of hydrazone groups is 1. The zero-order valence-corrected chi connectivity index (χ0v) is 15.6. The molecule has 0 saturated heterocycles. The Morgan fingerprint density at radius 1 is 1.21 bits per heavy atom. The van der Waals surface area contributed by atoms with E-state index in [2.05, 4.69) is 38.1 Å². The fourth-order valence-electron chi connectivity index (χ4n) is 2.88. The van der Waals surface area contributed by atoms with E-state index in [0.29, 0.717) is 0 Å². The van der Waals surface area contributed by atoms with Crippen LogP contribution >= 0.6 is 15.9 Å². The minimum atomic E-state index is -0.0476. The highest BCUT2D eigenvalue weighted by Crippen LogP contribution is 2.33. The third kappa shape index (κ3) is 3.36. The number of carbonyl (C=O) groups is 1. The predicted molar refractivity (Wildman–Crippen MR) is 101 cm³/mol. The summed E-state index contributed by atoms with van der Waals surface area (Å²) in [5.41, 5.74) is 4.22. The molecule has 0 N–H and O–H groups in total. The van der Waals surface area contributed by atoms with Crippen LogP contribution in [-0.4, -0.2) is 30.7 Å². The second-order valence-corrected chi connectivity index (χ2v) is 7.04. The Morgan fingerprint density at radius 3 is 2.54 bits per heavy atom. The first kappa shape index (κ1) is 16.7. The summed E-state index contributed by atoms with van der Waals surface area (Å²) in [6, 6.07) is 16.3. The normalized spacial score (nSPS) is 16.9. The predicted octanol–water partition coefficient (Wildman–Crippen LogP) is 4.21. The van der Waals surface area contributed by atoms with Crippen molar-refractivity contribution >= 4 is 33.2 Å². The van der Waals surface area contributed by atoms with Gasteiger partial charge in [0.25, 0.3) is 0 Å². The van der Waals surface area contributed by atoms with Crippen molar-refractivity contribution < 1.29 is 4.79 Å². The maximum Gasteiger partial charge on any atom is 0.240 e. The van der Waals surface area contributed by atoms with Crippen LogP contribution in [0.2, 0.25) is 0 Å². The molecule has 2 aromatic carbocycles. The summed E-state index contributed by atoms with van der Waals surface area (Å²) in [7, 11) is 4.03. The molecule has 0 fully saturated rings. The first-order valence-corrected chi connectivity index (χ1v) is 8.65. The van der Waals surface area contributed by atoms with Crippen LogP contribution in [-0.2, 0) is 4.79 Å². The number of halogens is 1. The summed E-state index contributed by atoms with van der Waals surface area (Å²) in [4.78, 5) is 14.1. The highest BCUT2D eigenvalue weighted by Gasteiger charge is 2.31. The van der Waals surface area contributed by atoms with Gasteiger partial charge in [-0.1, -0.05) is 40.2 Å². The zero-order valence-electron chi connectivity index (χ0n) is 14.0. The monoisotopic (exact) mass is 385 g/mol. The largest absolute Gasteiger partial charge is 0.378 e. The van der Waals surface area contributed by atoms with Gasteiger partial charge in [0.2, 0.25) is 5.91 Å². The van der Waals surface area contributed by atoms with Crippen molar-refractivity contribution in [2.45, 2.75) is 19.4 Å². The summed E-state index contributed by atoms with van der Waals surface area (Å²) in [5, 5.41) is 6.21. The van der Waals surface area contributed by atoms with Crippen LogP contribution in [0.5, 0.6) is 0 Å². The first-order chi connectivity index (χ1) is 11.5. The van der Waals surface area contributed by atoms with Gasteiger partial charge in [-0.25, -0.2) is 5.01 Å². The number of hydrogen-bond donors (Lipinski definition) is 0. The van der Waals surface area contributed by atoms with Crippen molar-refractivity contribution in [2.75, 3.05) is 19.0 Å². The smallest absolute Gasteiger partial charge is 0.240 e. The van der Waals surface area contributed by atoms with Crippen molar-refractivity contribution in [3.63, 3.8) is 0 Å². The van der Waals surface area contributed by atoms with Crippen LogP contribution in [0, 0.1) is 0 Å². The molecule has 24 heavy (non-hydrogen) atoms. The van der Waals surface area contributed by atoms with Crippen molar-refractivity contribution in [2.24, 2.45) is 5.10 Å². The van der Waals surface area contributed by atoms with E-state index >= 15 is 0 Å². The molecule has 0 bridgehead atoms. The SMILES string of the molecule is CC(=O)N1N=C(c2cccc(N(C)C)c2)C[C@@H]1c1ccc(Br)cc1. The topological polar surface area (TPSA) is 35.9 Å². The average Bonchev–Trinajstić information content (AvgIpc) is 3.01. The van der Waals surface area contributed by atoms with Gasteiger partial charge >= 0.3 is 0 Å². The Labute approximate surface area is 150 Å². The van der Waals surface area contributed by atoms with Gasteiger partial charge in [-0.2, -0.15) is 5.10 Å². The molecular formula is C19H20BrN3O. The van der Waals surface area contributed by atoms with Crippen LogP contribution in [0.15, 0.2) is 58.1 Å². The van der Waals surface area contributed by atoms with Crippen LogP contribution in [0.3, 0.4) is 0 Å². The number of amides is 1. The van der Waals surface area contributed by atoms with Gasteiger partial charge < -0.3 is 4.90 Å². The molecule has 0 spiro atoms. The van der Waals surface area contributed by atoms with E-state index in [-0.39, 0.29) is 11.9 Å². The van der Waals surface area contributed by atoms with Gasteiger partial charge in [-0.15, -0.1) is 0 Å². The van der Waals surface area contributed by atoms with E-state index in [1.165, 1.54) is 0 Å². The number of anilines is 1. The molecule has 4 nitrogen and oxygen atoms in total. The lowest BCUT2D eigenvalue weighted by molar-refractivity contribution is -0.130. The lowest BCUT2D eigenvalue weighted by Gasteiger charge is -2.20. The molecule has 0 unspecified atom stereocenters. The van der Waals surface area contributed by atoms with Gasteiger partial charge in [-0.05, 0) is 35.4 Å². The molecule has 3 rings (SSSR count). The molecule has 0 saturated carbocycles. The van der Waals surface area contributed by atoms with E-state index < -0.39 is 0 Å². The third-order valence-electron chi connectivity index (χ3n) is 4.18. The van der Waals surface area contributed by atoms with Crippen LogP contribution in [0.1, 0.15) is 30.5 Å². The van der Waals surface area contributed by atoms with E-state index in [0.717, 1.165) is 33.4 Å². The van der Waals surface area contributed by atoms with E-state index in [1.54, 1.807) is 11.9 Å². The zero-order chi connectivity index (χ0) is 17.3. The second-order valence-electron chi connectivity index (χ2n) is 6.13. The number of hydrogen-bond acceptors (Lipinski definition) is 3. The molecule has 1 atom stereocenters. The Bertz CT molecular complexity index is 783. The van der Waals surface area contributed by atoms with E-state index in [1.807, 2.05) is 50.5 Å². The Hall–Kier alpha value is -2.14. The molecule has 0 aliphatic carbocycles. The Kier molecular flexibility index (Phi) is 4.71. The third-order valence-corrected chi connectivity index (χ3v) is 4.71. The summed E-state index contributed by atoms with van der Waals surface area (Å²) in [6.07, 6.45) is 0.720. The van der Waals surface area contributed by atoms with Crippen LogP contribution in [0.4, 0.5) is 5.69 Å². The van der Waals surface area contributed by atoms with E-state index in [4.69, 9.17) is 0 Å². The van der Waals surface area contributed by atoms with Gasteiger partial charge in [0.15, 0.2) is 0 Å². The summed E-state index contributed by atoms with van der Waals surface area (Å²) >= 11 is 3.45. The van der Waals surface area contributed by atoms with Crippen molar-refractivity contribution in [3.05, 3.63) is 64.1 Å². The maximum absolute atomic E-state index is 12.1. The summed E-state index contributed by atoms with van der Waals surface area (Å²) in [5.74, 6) is -0.0401. The number of nitrogens with zero attached hydrogens (tertiary/aromatic N) is 3. The molecule has 124 valence electrons. The number of benzene rings is 2. The highest BCUT2D eigenvalue weighted by molar-refractivity contribution is 9.10. The van der Waals surface area contributed by atoms with Crippen molar-refractivity contribution in [1.82, 2.24) is 5.01 Å². The van der Waals surface area contributed by atoms with Gasteiger partial charge in [0.05, 0.1) is 11.8 Å². The van der Waals surface area contributed by atoms with Gasteiger partial charge in [-0.3, -0.25) is 4.79 Å². The molecule has 1 heterocycles. The van der Waals surface area contributed by atoms with Gasteiger partial charge in [0, 0.05) is 37.6 Å². The molecule has 1 aliphatic heterocycles. The molecule has 1 amide bonds. The van der Waals surface area contributed by atoms with Crippen molar-refractivity contribution in [1.29, 1.82) is 0 Å². The van der Waals surface area contributed by atoms with E-state index in [9.17, 15) is 4.79 Å². The molecule has 0 radical (unpaired) electrons. The standard InChI is InChI=1S/C19H20BrN3O/c1-13(24)23-19(14-7-9-16(20)10-8-14)12-18(21-23)15-5-4-6-17(11-15)22(2)3/h4-11,19H,12H2,1-3H3/t19-/m1/s1. The maximum atomic E-state index is 12.1. The number of rotatable bonds is 3. The second kappa shape index (κ2) is 6.77. The van der Waals surface area contributed by atoms with Crippen LogP contribution < -0.4 is 4.90 Å².